The monoisotopic (exact) mass is 237 g/mol. The molecule has 1 aromatic heterocycles. The molecule has 0 spiro atoms. The van der Waals surface area contributed by atoms with E-state index in [4.69, 9.17) is 0 Å². The summed E-state index contributed by atoms with van der Waals surface area (Å²) in [6, 6.07) is 3.55. The first-order valence-corrected chi connectivity index (χ1v) is 5.47. The van der Waals surface area contributed by atoms with E-state index in [-0.39, 0.29) is 12.5 Å². The number of amides is 1. The van der Waals surface area contributed by atoms with E-state index in [1.165, 1.54) is 4.90 Å². The van der Waals surface area contributed by atoms with Crippen LogP contribution >= 0.6 is 0 Å². The van der Waals surface area contributed by atoms with Gasteiger partial charge in [-0.15, -0.1) is 0 Å². The van der Waals surface area contributed by atoms with Crippen LogP contribution in [-0.2, 0) is 4.79 Å². The molecular weight excluding hydrogens is 218 g/mol. The lowest BCUT2D eigenvalue weighted by molar-refractivity contribution is -0.127. The number of aromatic nitrogens is 1. The molecule has 1 atom stereocenters. The highest BCUT2D eigenvalue weighted by atomic mass is 16.3. The molecular formula is C12H19N3O2. The van der Waals surface area contributed by atoms with Gasteiger partial charge in [0.15, 0.2) is 0 Å². The molecule has 1 aromatic rings. The highest BCUT2D eigenvalue weighted by molar-refractivity contribution is 5.80. The molecule has 0 aliphatic carbocycles. The maximum atomic E-state index is 11.6. The lowest BCUT2D eigenvalue weighted by Gasteiger charge is -2.20. The van der Waals surface area contributed by atoms with E-state index >= 15 is 0 Å². The molecule has 1 rings (SSSR count). The Morgan fingerprint density at radius 2 is 2.12 bits per heavy atom. The Labute approximate surface area is 102 Å². The number of hydrogen-bond donors (Lipinski definition) is 1. The van der Waals surface area contributed by atoms with Gasteiger partial charge in [-0.25, -0.2) is 4.98 Å². The molecule has 5 heteroatoms. The van der Waals surface area contributed by atoms with E-state index in [1.54, 1.807) is 51.3 Å². The van der Waals surface area contributed by atoms with E-state index in [2.05, 4.69) is 4.98 Å². The normalized spacial score (nSPS) is 12.1. The van der Waals surface area contributed by atoms with Crippen LogP contribution in [0.25, 0.3) is 0 Å². The Balaban J connectivity index is 2.78. The van der Waals surface area contributed by atoms with Gasteiger partial charge >= 0.3 is 0 Å². The average Bonchev–Trinajstić information content (AvgIpc) is 2.28. The molecule has 1 unspecified atom stereocenters. The van der Waals surface area contributed by atoms with E-state index < -0.39 is 6.10 Å². The fourth-order valence-electron chi connectivity index (χ4n) is 1.33. The molecule has 0 aliphatic heterocycles. The van der Waals surface area contributed by atoms with Gasteiger partial charge in [-0.1, -0.05) is 0 Å². The molecule has 0 saturated heterocycles. The number of aliphatic hydroxyl groups excluding tert-OH is 1. The molecule has 1 heterocycles. The Kier molecular flexibility index (Phi) is 4.45. The second-order valence-electron chi connectivity index (χ2n) is 4.27. The van der Waals surface area contributed by atoms with Gasteiger partial charge in [0.1, 0.15) is 5.82 Å². The smallest absolute Gasteiger partial charge is 0.241 e. The first kappa shape index (κ1) is 13.4. The van der Waals surface area contributed by atoms with E-state index in [0.717, 1.165) is 5.56 Å². The standard InChI is InChI=1S/C12H19N3O2/c1-9(16)10-5-6-13-11(7-10)15(4)8-12(17)14(2)3/h5-7,9,16H,8H2,1-4H3. The summed E-state index contributed by atoms with van der Waals surface area (Å²) in [5.74, 6) is 0.690. The number of rotatable bonds is 4. The van der Waals surface area contributed by atoms with Gasteiger partial charge in [0, 0.05) is 27.3 Å². The molecule has 0 saturated carbocycles. The second-order valence-corrected chi connectivity index (χ2v) is 4.27. The lowest BCUT2D eigenvalue weighted by atomic mass is 10.2. The van der Waals surface area contributed by atoms with Crippen LogP contribution in [0.2, 0.25) is 0 Å². The summed E-state index contributed by atoms with van der Waals surface area (Å²) >= 11 is 0. The average molecular weight is 237 g/mol. The number of carbonyl (C=O) groups is 1. The van der Waals surface area contributed by atoms with Crippen molar-refractivity contribution in [3.05, 3.63) is 23.9 Å². The zero-order valence-corrected chi connectivity index (χ0v) is 10.7. The quantitative estimate of drug-likeness (QED) is 0.835. The third-order valence-electron chi connectivity index (χ3n) is 2.51. The highest BCUT2D eigenvalue weighted by Gasteiger charge is 2.11. The minimum Gasteiger partial charge on any atom is -0.389 e. The zero-order valence-electron chi connectivity index (χ0n) is 10.7. The summed E-state index contributed by atoms with van der Waals surface area (Å²) in [6.07, 6.45) is 1.10. The van der Waals surface area contributed by atoms with Crippen molar-refractivity contribution in [2.45, 2.75) is 13.0 Å². The molecule has 0 aromatic carbocycles. The molecule has 94 valence electrons. The van der Waals surface area contributed by atoms with Gasteiger partial charge in [-0.3, -0.25) is 4.79 Å². The van der Waals surface area contributed by atoms with Crippen LogP contribution in [0.4, 0.5) is 5.82 Å². The summed E-state index contributed by atoms with van der Waals surface area (Å²) in [5, 5.41) is 9.48. The molecule has 17 heavy (non-hydrogen) atoms. The predicted molar refractivity (Wildman–Crippen MR) is 66.8 cm³/mol. The third-order valence-corrected chi connectivity index (χ3v) is 2.51. The first-order valence-electron chi connectivity index (χ1n) is 5.47. The van der Waals surface area contributed by atoms with Crippen molar-refractivity contribution in [1.29, 1.82) is 0 Å². The zero-order chi connectivity index (χ0) is 13.0. The molecule has 0 radical (unpaired) electrons. The number of hydrogen-bond acceptors (Lipinski definition) is 4. The van der Waals surface area contributed by atoms with Gasteiger partial charge in [0.25, 0.3) is 0 Å². The summed E-state index contributed by atoms with van der Waals surface area (Å²) in [5.41, 5.74) is 0.791. The summed E-state index contributed by atoms with van der Waals surface area (Å²) in [7, 11) is 5.24. The number of anilines is 1. The van der Waals surface area contributed by atoms with Crippen LogP contribution in [0, 0.1) is 0 Å². The van der Waals surface area contributed by atoms with Crippen molar-refractivity contribution in [3.63, 3.8) is 0 Å². The van der Waals surface area contributed by atoms with Crippen molar-refractivity contribution in [1.82, 2.24) is 9.88 Å². The van der Waals surface area contributed by atoms with Crippen molar-refractivity contribution in [2.24, 2.45) is 0 Å². The molecule has 1 N–H and O–H groups in total. The maximum absolute atomic E-state index is 11.6. The van der Waals surface area contributed by atoms with Crippen molar-refractivity contribution in [2.75, 3.05) is 32.6 Å². The number of pyridine rings is 1. The van der Waals surface area contributed by atoms with E-state index in [9.17, 15) is 9.90 Å². The van der Waals surface area contributed by atoms with Crippen LogP contribution < -0.4 is 4.90 Å². The topological polar surface area (TPSA) is 56.7 Å². The Morgan fingerprint density at radius 3 is 2.65 bits per heavy atom. The minimum absolute atomic E-state index is 0.0109. The second kappa shape index (κ2) is 5.63. The van der Waals surface area contributed by atoms with Gasteiger partial charge in [0.05, 0.1) is 12.6 Å². The fraction of sp³-hybridized carbons (Fsp3) is 0.500. The summed E-state index contributed by atoms with van der Waals surface area (Å²) in [6.45, 7) is 1.97. The predicted octanol–water partition coefficient (Wildman–Crippen LogP) is 0.659. The number of likely N-dealkylation sites (N-methyl/N-ethyl adjacent to an activating group) is 2. The Bertz CT molecular complexity index is 391. The largest absolute Gasteiger partial charge is 0.389 e. The van der Waals surface area contributed by atoms with E-state index in [0.29, 0.717) is 5.82 Å². The van der Waals surface area contributed by atoms with Crippen LogP contribution in [0.1, 0.15) is 18.6 Å². The molecule has 5 nitrogen and oxygen atoms in total. The fourth-order valence-corrected chi connectivity index (χ4v) is 1.33. The molecule has 0 fully saturated rings. The summed E-state index contributed by atoms with van der Waals surface area (Å²) < 4.78 is 0. The Morgan fingerprint density at radius 1 is 1.47 bits per heavy atom. The number of carbonyl (C=O) groups excluding carboxylic acids is 1. The van der Waals surface area contributed by atoms with Crippen LogP contribution in [0.3, 0.4) is 0 Å². The highest BCUT2D eigenvalue weighted by Crippen LogP contribution is 2.16. The van der Waals surface area contributed by atoms with Crippen LogP contribution in [-0.4, -0.2) is 48.6 Å². The third kappa shape index (κ3) is 3.71. The SMILES string of the molecule is CC(O)c1ccnc(N(C)CC(=O)N(C)C)c1. The van der Waals surface area contributed by atoms with Crippen molar-refractivity contribution in [3.8, 4) is 0 Å². The number of nitrogens with zero attached hydrogens (tertiary/aromatic N) is 3. The first-order chi connectivity index (χ1) is 7.91. The van der Waals surface area contributed by atoms with E-state index in [1.807, 2.05) is 0 Å². The van der Waals surface area contributed by atoms with Crippen LogP contribution in [0.5, 0.6) is 0 Å². The van der Waals surface area contributed by atoms with Crippen LogP contribution in [0.15, 0.2) is 18.3 Å². The molecule has 0 bridgehead atoms. The van der Waals surface area contributed by atoms with Gasteiger partial charge in [-0.2, -0.15) is 0 Å². The Hall–Kier alpha value is -1.62. The molecule has 1 amide bonds. The number of aliphatic hydroxyl groups is 1. The molecule has 0 aliphatic rings. The van der Waals surface area contributed by atoms with Crippen molar-refractivity contribution < 1.29 is 9.90 Å². The summed E-state index contributed by atoms with van der Waals surface area (Å²) in [4.78, 5) is 19.0. The van der Waals surface area contributed by atoms with Gasteiger partial charge < -0.3 is 14.9 Å². The van der Waals surface area contributed by atoms with Gasteiger partial charge in [-0.05, 0) is 24.6 Å². The maximum Gasteiger partial charge on any atom is 0.241 e. The van der Waals surface area contributed by atoms with Gasteiger partial charge in [0.2, 0.25) is 5.91 Å². The lowest BCUT2D eigenvalue weighted by Crippen LogP contribution is -2.34. The van der Waals surface area contributed by atoms with Crippen molar-refractivity contribution >= 4 is 11.7 Å². The minimum atomic E-state index is -0.533.